The zero-order valence-electron chi connectivity index (χ0n) is 4.51. The van der Waals surface area contributed by atoms with E-state index in [-0.39, 0.29) is 11.7 Å². The van der Waals surface area contributed by atoms with Gasteiger partial charge in [-0.2, -0.15) is 0 Å². The molecule has 0 aliphatic carbocycles. The predicted octanol–water partition coefficient (Wildman–Crippen LogP) is 0.698. The number of aliphatic hydroxyl groups is 1. The van der Waals surface area contributed by atoms with Crippen LogP contribution in [0.3, 0.4) is 0 Å². The second-order valence-electron chi connectivity index (χ2n) is 2.29. The fourth-order valence-electron chi connectivity index (χ4n) is 0.503. The number of hydrogen-bond donors (Lipinski definition) is 1. The molecule has 1 fully saturated rings. The molecule has 41 valence electrons. The maximum absolute atomic E-state index is 8.29. The zero-order chi connectivity index (χ0) is 5.49. The van der Waals surface area contributed by atoms with Crippen LogP contribution in [-0.2, 0) is 4.74 Å². The van der Waals surface area contributed by atoms with E-state index in [1.807, 2.05) is 13.8 Å². The minimum Gasteiger partial charge on any atom is -0.387 e. The Morgan fingerprint density at radius 2 is 2.14 bits per heavy atom. The smallest absolute Gasteiger partial charge is 0.115 e. The van der Waals surface area contributed by atoms with Crippen LogP contribution in [0.1, 0.15) is 13.8 Å². The number of epoxide rings is 1. The topological polar surface area (TPSA) is 32.8 Å². The summed E-state index contributed by atoms with van der Waals surface area (Å²) in [5.74, 6) is 0. The van der Waals surface area contributed by atoms with E-state index < -0.39 is 0 Å². The summed E-state index contributed by atoms with van der Waals surface area (Å²) < 4.78 is 4.95. The monoisotopic (exact) mass is 101 g/mol. The first-order chi connectivity index (χ1) is 3.17. The normalized spacial score (nSPS) is 35.6. The summed E-state index contributed by atoms with van der Waals surface area (Å²) in [6, 6.07) is 0. The highest BCUT2D eigenvalue weighted by Crippen LogP contribution is 2.35. The Kier molecular flexibility index (Phi) is 0.869. The molecule has 1 N–H and O–H groups in total. The Labute approximate surface area is 43.1 Å². The number of ether oxygens (including phenoxy) is 1. The van der Waals surface area contributed by atoms with Gasteiger partial charge in [-0.3, -0.25) is 0 Å². The third-order valence-electron chi connectivity index (χ3n) is 1.19. The Balaban J connectivity index is 2.30. The van der Waals surface area contributed by atoms with Crippen molar-refractivity contribution in [3.63, 3.8) is 0 Å². The molecule has 0 amide bonds. The minimum absolute atomic E-state index is 0.0208. The third-order valence-corrected chi connectivity index (χ3v) is 1.19. The molecule has 0 spiro atoms. The van der Waals surface area contributed by atoms with Gasteiger partial charge in [-0.15, -0.1) is 0 Å². The van der Waals surface area contributed by atoms with Gasteiger partial charge in [0.15, 0.2) is 0 Å². The lowest BCUT2D eigenvalue weighted by molar-refractivity contribution is 0.292. The summed E-state index contributed by atoms with van der Waals surface area (Å²) in [6.07, 6.45) is -0.0208. The number of hydrogen-bond acceptors (Lipinski definition) is 2. The van der Waals surface area contributed by atoms with Crippen LogP contribution in [0.25, 0.3) is 0 Å². The SMILES string of the molecule is CC1(C)OC1[CH]O. The number of rotatable bonds is 1. The first kappa shape index (κ1) is 5.06. The lowest BCUT2D eigenvalue weighted by Crippen LogP contribution is -2.01. The second-order valence-corrected chi connectivity index (χ2v) is 2.29. The summed E-state index contributed by atoms with van der Waals surface area (Å²) in [5, 5.41) is 8.29. The van der Waals surface area contributed by atoms with Gasteiger partial charge in [-0.25, -0.2) is 0 Å². The first-order valence-electron chi connectivity index (χ1n) is 2.32. The van der Waals surface area contributed by atoms with Crippen molar-refractivity contribution in [3.05, 3.63) is 6.61 Å². The molecule has 0 aromatic heterocycles. The Morgan fingerprint density at radius 1 is 1.71 bits per heavy atom. The van der Waals surface area contributed by atoms with Gasteiger partial charge in [0.25, 0.3) is 0 Å². The van der Waals surface area contributed by atoms with Gasteiger partial charge in [0.05, 0.1) is 5.60 Å². The quantitative estimate of drug-likeness (QED) is 0.493. The van der Waals surface area contributed by atoms with Crippen LogP contribution in [0, 0.1) is 6.61 Å². The molecule has 0 aromatic carbocycles. The van der Waals surface area contributed by atoms with Crippen LogP contribution in [0.2, 0.25) is 0 Å². The van der Waals surface area contributed by atoms with Gasteiger partial charge in [-0.1, -0.05) is 0 Å². The van der Waals surface area contributed by atoms with E-state index in [4.69, 9.17) is 9.84 Å². The maximum atomic E-state index is 8.29. The maximum Gasteiger partial charge on any atom is 0.115 e. The van der Waals surface area contributed by atoms with Crippen LogP contribution in [0.4, 0.5) is 0 Å². The molecule has 1 radical (unpaired) electrons. The molecule has 1 unspecified atom stereocenters. The van der Waals surface area contributed by atoms with E-state index in [0.29, 0.717) is 0 Å². The molecule has 0 saturated carbocycles. The summed E-state index contributed by atoms with van der Waals surface area (Å²) in [5.41, 5.74) is -0.0885. The van der Waals surface area contributed by atoms with Crippen molar-refractivity contribution in [2.45, 2.75) is 25.6 Å². The van der Waals surface area contributed by atoms with Crippen LogP contribution >= 0.6 is 0 Å². The van der Waals surface area contributed by atoms with Crippen molar-refractivity contribution in [2.75, 3.05) is 0 Å². The molecule has 0 aromatic rings. The van der Waals surface area contributed by atoms with Crippen molar-refractivity contribution in [1.82, 2.24) is 0 Å². The van der Waals surface area contributed by atoms with Gasteiger partial charge < -0.3 is 9.84 Å². The molecule has 2 heteroatoms. The average Bonchev–Trinajstić information content (AvgIpc) is 2.13. The lowest BCUT2D eigenvalue weighted by Gasteiger charge is -1.87. The summed E-state index contributed by atoms with van der Waals surface area (Å²) in [4.78, 5) is 0. The molecule has 1 atom stereocenters. The van der Waals surface area contributed by atoms with E-state index in [0.717, 1.165) is 6.61 Å². The Hall–Kier alpha value is -0.0800. The zero-order valence-corrected chi connectivity index (χ0v) is 4.51. The lowest BCUT2D eigenvalue weighted by atomic mass is 10.1. The van der Waals surface area contributed by atoms with Crippen LogP contribution in [-0.4, -0.2) is 16.8 Å². The Bertz CT molecular complexity index is 78.1. The van der Waals surface area contributed by atoms with Crippen molar-refractivity contribution < 1.29 is 9.84 Å². The molecule has 1 saturated heterocycles. The minimum atomic E-state index is -0.0885. The van der Waals surface area contributed by atoms with Gasteiger partial charge in [0.1, 0.15) is 12.7 Å². The fourth-order valence-corrected chi connectivity index (χ4v) is 0.503. The largest absolute Gasteiger partial charge is 0.387 e. The highest BCUT2D eigenvalue weighted by atomic mass is 16.6. The molecule has 1 heterocycles. The molecule has 1 aliphatic heterocycles. The molecular formula is C5H9O2. The van der Waals surface area contributed by atoms with E-state index in [1.54, 1.807) is 0 Å². The van der Waals surface area contributed by atoms with Crippen molar-refractivity contribution in [3.8, 4) is 0 Å². The highest BCUT2D eigenvalue weighted by Gasteiger charge is 2.47. The molecule has 0 bridgehead atoms. The van der Waals surface area contributed by atoms with Gasteiger partial charge >= 0.3 is 0 Å². The summed E-state index contributed by atoms with van der Waals surface area (Å²) in [7, 11) is 0. The van der Waals surface area contributed by atoms with Crippen LogP contribution < -0.4 is 0 Å². The Morgan fingerprint density at radius 3 is 2.14 bits per heavy atom. The van der Waals surface area contributed by atoms with Crippen molar-refractivity contribution in [2.24, 2.45) is 0 Å². The van der Waals surface area contributed by atoms with E-state index in [2.05, 4.69) is 0 Å². The third kappa shape index (κ3) is 0.763. The molecule has 2 nitrogen and oxygen atoms in total. The van der Waals surface area contributed by atoms with E-state index in [1.165, 1.54) is 0 Å². The van der Waals surface area contributed by atoms with Crippen molar-refractivity contribution in [1.29, 1.82) is 0 Å². The first-order valence-corrected chi connectivity index (χ1v) is 2.32. The van der Waals surface area contributed by atoms with Gasteiger partial charge in [0, 0.05) is 0 Å². The molecular weight excluding hydrogens is 92.1 g/mol. The average molecular weight is 101 g/mol. The van der Waals surface area contributed by atoms with Crippen molar-refractivity contribution >= 4 is 0 Å². The van der Waals surface area contributed by atoms with E-state index >= 15 is 0 Å². The summed E-state index contributed by atoms with van der Waals surface area (Å²) >= 11 is 0. The van der Waals surface area contributed by atoms with Gasteiger partial charge in [0.2, 0.25) is 0 Å². The van der Waals surface area contributed by atoms with Gasteiger partial charge in [-0.05, 0) is 13.8 Å². The predicted molar refractivity (Wildman–Crippen MR) is 25.2 cm³/mol. The van der Waals surface area contributed by atoms with E-state index in [9.17, 15) is 0 Å². The number of aliphatic hydroxyl groups excluding tert-OH is 1. The second kappa shape index (κ2) is 1.20. The highest BCUT2D eigenvalue weighted by molar-refractivity contribution is 4.99. The fraction of sp³-hybridized carbons (Fsp3) is 0.800. The van der Waals surface area contributed by atoms with Crippen LogP contribution in [0.5, 0.6) is 0 Å². The van der Waals surface area contributed by atoms with Crippen LogP contribution in [0.15, 0.2) is 0 Å². The standard InChI is InChI=1S/C5H9O2/c1-5(2)4(3-6)7-5/h3-4,6H,1-2H3. The molecule has 1 rings (SSSR count). The molecule has 1 aliphatic rings. The molecule has 7 heavy (non-hydrogen) atoms. The summed E-state index contributed by atoms with van der Waals surface area (Å²) in [6.45, 7) is 4.95.